The number of hydrogen-bond donors (Lipinski definition) is 1. The lowest BCUT2D eigenvalue weighted by Crippen LogP contribution is -2.18. The van der Waals surface area contributed by atoms with Crippen LogP contribution in [0.4, 0.5) is 4.39 Å². The second-order valence-corrected chi connectivity index (χ2v) is 3.57. The summed E-state index contributed by atoms with van der Waals surface area (Å²) in [6, 6.07) is 5.19. The number of esters is 1. The Morgan fingerprint density at radius 1 is 1.28 bits per heavy atom. The molecule has 5 heteroatoms. The minimum Gasteiger partial charge on any atom is -0.462 e. The van der Waals surface area contributed by atoms with Crippen molar-refractivity contribution in [1.29, 1.82) is 0 Å². The topological polar surface area (TPSA) is 69.4 Å². The Kier molecular flexibility index (Phi) is 4.59. The summed E-state index contributed by atoms with van der Waals surface area (Å²) in [7, 11) is 0. The molecule has 4 nitrogen and oxygen atoms in total. The zero-order valence-electron chi connectivity index (χ0n) is 10.2. The van der Waals surface area contributed by atoms with Crippen LogP contribution in [-0.2, 0) is 14.3 Å². The molecular weight excluding hydrogens is 237 g/mol. The largest absolute Gasteiger partial charge is 0.462 e. The molecule has 0 amide bonds. The van der Waals surface area contributed by atoms with Gasteiger partial charge in [-0.25, -0.2) is 9.18 Å². The highest BCUT2D eigenvalue weighted by atomic mass is 19.1. The first-order chi connectivity index (χ1) is 8.47. The molecule has 0 saturated heterocycles. The Hall–Kier alpha value is -2.17. The molecule has 0 aliphatic heterocycles. The fraction of sp³-hybridized carbons (Fsp3) is 0.231. The van der Waals surface area contributed by atoms with Crippen LogP contribution in [0.1, 0.15) is 19.4 Å². The summed E-state index contributed by atoms with van der Waals surface area (Å²) in [6.07, 6.45) is 0. The molecule has 2 N–H and O–H groups in total. The van der Waals surface area contributed by atoms with Gasteiger partial charge in [0.15, 0.2) is 5.78 Å². The Morgan fingerprint density at radius 3 is 2.28 bits per heavy atom. The number of ketones is 1. The maximum Gasteiger partial charge on any atom is 0.343 e. The summed E-state index contributed by atoms with van der Waals surface area (Å²) < 4.78 is 17.5. The molecule has 0 saturated carbocycles. The third-order valence-corrected chi connectivity index (χ3v) is 2.26. The lowest BCUT2D eigenvalue weighted by Gasteiger charge is -2.08. The second kappa shape index (κ2) is 5.95. The molecule has 0 atom stereocenters. The fourth-order valence-corrected chi connectivity index (χ4v) is 1.42. The summed E-state index contributed by atoms with van der Waals surface area (Å²) in [5.74, 6) is -1.69. The second-order valence-electron chi connectivity index (χ2n) is 3.57. The summed E-state index contributed by atoms with van der Waals surface area (Å²) in [4.78, 5) is 23.0. The van der Waals surface area contributed by atoms with Crippen molar-refractivity contribution in [3.8, 4) is 0 Å². The smallest absolute Gasteiger partial charge is 0.343 e. The summed E-state index contributed by atoms with van der Waals surface area (Å²) >= 11 is 0. The van der Waals surface area contributed by atoms with Crippen LogP contribution in [0, 0.1) is 5.82 Å². The van der Waals surface area contributed by atoms with E-state index in [2.05, 4.69) is 0 Å². The van der Waals surface area contributed by atoms with Gasteiger partial charge in [0.05, 0.1) is 12.3 Å². The molecule has 0 aliphatic rings. The molecule has 96 valence electrons. The SMILES string of the molecule is CCOC(=O)C(C(C)=O)=C(N)c1ccc(F)cc1. The normalized spacial score (nSPS) is 11.7. The lowest BCUT2D eigenvalue weighted by atomic mass is 10.0. The molecule has 0 heterocycles. The van der Waals surface area contributed by atoms with Gasteiger partial charge in [-0.15, -0.1) is 0 Å². The monoisotopic (exact) mass is 251 g/mol. The van der Waals surface area contributed by atoms with Gasteiger partial charge in [-0.3, -0.25) is 4.79 Å². The number of carbonyl (C=O) groups excluding carboxylic acids is 2. The minimum atomic E-state index is -0.771. The molecule has 0 spiro atoms. The third-order valence-electron chi connectivity index (χ3n) is 2.26. The van der Waals surface area contributed by atoms with E-state index in [9.17, 15) is 14.0 Å². The molecule has 1 aromatic rings. The van der Waals surface area contributed by atoms with Gasteiger partial charge in [-0.1, -0.05) is 0 Å². The summed E-state index contributed by atoms with van der Waals surface area (Å²) in [5.41, 5.74) is 5.92. The van der Waals surface area contributed by atoms with E-state index in [1.165, 1.54) is 31.2 Å². The van der Waals surface area contributed by atoms with Crippen LogP contribution in [0.5, 0.6) is 0 Å². The number of Topliss-reactive ketones (excluding diaryl/α,β-unsaturated/α-hetero) is 1. The minimum absolute atomic E-state index is 0.0130. The van der Waals surface area contributed by atoms with Gasteiger partial charge >= 0.3 is 5.97 Å². The van der Waals surface area contributed by atoms with E-state index < -0.39 is 17.6 Å². The highest BCUT2D eigenvalue weighted by Crippen LogP contribution is 2.16. The van der Waals surface area contributed by atoms with E-state index in [1.54, 1.807) is 6.92 Å². The number of ether oxygens (including phenoxy) is 1. The lowest BCUT2D eigenvalue weighted by molar-refractivity contribution is -0.139. The predicted octanol–water partition coefficient (Wildman–Crippen LogP) is 1.65. The van der Waals surface area contributed by atoms with E-state index in [0.29, 0.717) is 5.56 Å². The van der Waals surface area contributed by atoms with E-state index in [1.807, 2.05) is 0 Å². The molecular formula is C13H14FNO3. The van der Waals surface area contributed by atoms with Gasteiger partial charge in [0.1, 0.15) is 11.4 Å². The number of rotatable bonds is 4. The number of carbonyl (C=O) groups is 2. The first kappa shape index (κ1) is 13.9. The quantitative estimate of drug-likeness (QED) is 0.382. The number of nitrogens with two attached hydrogens (primary N) is 1. The molecule has 0 bridgehead atoms. The summed E-state index contributed by atoms with van der Waals surface area (Å²) in [6.45, 7) is 3.00. The van der Waals surface area contributed by atoms with Crippen LogP contribution in [0.15, 0.2) is 29.8 Å². The van der Waals surface area contributed by atoms with Crippen LogP contribution < -0.4 is 5.73 Å². The van der Waals surface area contributed by atoms with Crippen LogP contribution in [0.3, 0.4) is 0 Å². The van der Waals surface area contributed by atoms with Crippen LogP contribution in [-0.4, -0.2) is 18.4 Å². The average molecular weight is 251 g/mol. The maximum absolute atomic E-state index is 12.8. The van der Waals surface area contributed by atoms with Crippen molar-refractivity contribution in [2.24, 2.45) is 5.73 Å². The standard InChI is InChI=1S/C13H14FNO3/c1-3-18-13(17)11(8(2)16)12(15)9-4-6-10(14)7-5-9/h4-7H,3,15H2,1-2H3. The maximum atomic E-state index is 12.8. The van der Waals surface area contributed by atoms with Crippen molar-refractivity contribution in [2.75, 3.05) is 6.61 Å². The van der Waals surface area contributed by atoms with Crippen LogP contribution >= 0.6 is 0 Å². The van der Waals surface area contributed by atoms with Gasteiger partial charge in [-0.2, -0.15) is 0 Å². The molecule has 0 fully saturated rings. The van der Waals surface area contributed by atoms with E-state index in [4.69, 9.17) is 10.5 Å². The Balaban J connectivity index is 3.23. The van der Waals surface area contributed by atoms with Gasteiger partial charge in [0.25, 0.3) is 0 Å². The van der Waals surface area contributed by atoms with Gasteiger partial charge in [0.2, 0.25) is 0 Å². The molecule has 0 aliphatic carbocycles. The average Bonchev–Trinajstić information content (AvgIpc) is 2.29. The van der Waals surface area contributed by atoms with E-state index in [0.717, 1.165) is 0 Å². The van der Waals surface area contributed by atoms with Gasteiger partial charge in [-0.05, 0) is 43.7 Å². The first-order valence-corrected chi connectivity index (χ1v) is 5.41. The van der Waals surface area contributed by atoms with Crippen molar-refractivity contribution < 1.29 is 18.7 Å². The Labute approximate surface area is 104 Å². The van der Waals surface area contributed by atoms with Gasteiger partial charge in [0, 0.05) is 0 Å². The number of benzene rings is 1. The molecule has 0 unspecified atom stereocenters. The van der Waals surface area contributed by atoms with Crippen LogP contribution in [0.2, 0.25) is 0 Å². The first-order valence-electron chi connectivity index (χ1n) is 5.41. The van der Waals surface area contributed by atoms with Crippen LogP contribution in [0.25, 0.3) is 5.70 Å². The van der Waals surface area contributed by atoms with E-state index in [-0.39, 0.29) is 17.9 Å². The van der Waals surface area contributed by atoms with Gasteiger partial charge < -0.3 is 10.5 Å². The third kappa shape index (κ3) is 3.16. The number of halogens is 1. The molecule has 1 rings (SSSR count). The molecule has 0 aromatic heterocycles. The Morgan fingerprint density at radius 2 is 1.83 bits per heavy atom. The molecule has 18 heavy (non-hydrogen) atoms. The zero-order valence-corrected chi connectivity index (χ0v) is 10.2. The number of hydrogen-bond acceptors (Lipinski definition) is 4. The predicted molar refractivity (Wildman–Crippen MR) is 64.8 cm³/mol. The highest BCUT2D eigenvalue weighted by Gasteiger charge is 2.20. The van der Waals surface area contributed by atoms with Crippen molar-refractivity contribution in [3.63, 3.8) is 0 Å². The van der Waals surface area contributed by atoms with Crippen molar-refractivity contribution in [2.45, 2.75) is 13.8 Å². The highest BCUT2D eigenvalue weighted by molar-refractivity contribution is 6.21. The van der Waals surface area contributed by atoms with Crippen molar-refractivity contribution in [1.82, 2.24) is 0 Å². The molecule has 1 aromatic carbocycles. The van der Waals surface area contributed by atoms with E-state index >= 15 is 0 Å². The Bertz CT molecular complexity index is 491. The zero-order chi connectivity index (χ0) is 13.7. The van der Waals surface area contributed by atoms with Crippen molar-refractivity contribution >= 4 is 17.4 Å². The fourth-order valence-electron chi connectivity index (χ4n) is 1.42. The van der Waals surface area contributed by atoms with Crippen molar-refractivity contribution in [3.05, 3.63) is 41.2 Å². The molecule has 0 radical (unpaired) electrons. The summed E-state index contributed by atoms with van der Waals surface area (Å²) in [5, 5.41) is 0.